The van der Waals surface area contributed by atoms with E-state index in [4.69, 9.17) is 0 Å². The molecule has 5 heterocycles. The molecule has 0 aromatic carbocycles. The Morgan fingerprint density at radius 2 is 1.93 bits per heavy atom. The number of pyridine rings is 1. The van der Waals surface area contributed by atoms with Crippen molar-refractivity contribution < 1.29 is 12.8 Å². The Balaban J connectivity index is 1.38. The predicted octanol–water partition coefficient (Wildman–Crippen LogP) is 2.28. The first kappa shape index (κ1) is 18.7. The summed E-state index contributed by atoms with van der Waals surface area (Å²) in [6.45, 7) is 3.35. The van der Waals surface area contributed by atoms with E-state index in [1.165, 1.54) is 17.0 Å². The highest BCUT2D eigenvalue weighted by atomic mass is 32.2. The molecule has 0 amide bonds. The lowest BCUT2D eigenvalue weighted by atomic mass is 9.88. The molecule has 0 saturated carbocycles. The third-order valence-electron chi connectivity index (χ3n) is 6.25. The van der Waals surface area contributed by atoms with Gasteiger partial charge in [0.25, 0.3) is 0 Å². The van der Waals surface area contributed by atoms with Gasteiger partial charge in [0.1, 0.15) is 11.2 Å². The molecule has 8 nitrogen and oxygen atoms in total. The molecule has 2 aliphatic heterocycles. The van der Waals surface area contributed by atoms with Crippen LogP contribution in [0.4, 0.5) is 4.39 Å². The van der Waals surface area contributed by atoms with E-state index in [9.17, 15) is 12.8 Å². The van der Waals surface area contributed by atoms with Crippen molar-refractivity contribution in [3.05, 3.63) is 41.4 Å². The number of fused-ring (bicyclic) bond motifs is 2. The minimum atomic E-state index is -3.56. The van der Waals surface area contributed by atoms with Crippen LogP contribution in [0.25, 0.3) is 5.65 Å². The number of hydrogen-bond donors (Lipinski definition) is 0. The van der Waals surface area contributed by atoms with E-state index in [1.54, 1.807) is 11.2 Å². The molecule has 0 N–H and O–H groups in total. The Hall–Kier alpha value is -2.33. The highest BCUT2D eigenvalue weighted by Crippen LogP contribution is 2.34. The Bertz CT molecular complexity index is 1180. The molecule has 0 unspecified atom stereocenters. The summed E-state index contributed by atoms with van der Waals surface area (Å²) in [5, 5.41) is 8.33. The molecule has 0 aliphatic carbocycles. The van der Waals surface area contributed by atoms with Crippen molar-refractivity contribution >= 4 is 15.7 Å². The molecule has 29 heavy (non-hydrogen) atoms. The predicted molar refractivity (Wildman–Crippen MR) is 104 cm³/mol. The maximum Gasteiger partial charge on any atom is 0.246 e. The lowest BCUT2D eigenvalue weighted by Crippen LogP contribution is -2.38. The van der Waals surface area contributed by atoms with Gasteiger partial charge in [-0.2, -0.15) is 14.5 Å². The Kier molecular flexibility index (Phi) is 4.43. The summed E-state index contributed by atoms with van der Waals surface area (Å²) in [6, 6.07) is 0. The molecule has 10 heteroatoms. The zero-order valence-corrected chi connectivity index (χ0v) is 17.1. The number of sulfonamides is 1. The van der Waals surface area contributed by atoms with Crippen LogP contribution in [0.1, 0.15) is 48.4 Å². The minimum Gasteiger partial charge on any atom is -0.268 e. The number of halogens is 1. The second-order valence-corrected chi connectivity index (χ2v) is 9.77. The van der Waals surface area contributed by atoms with Crippen molar-refractivity contribution in [3.63, 3.8) is 0 Å². The van der Waals surface area contributed by atoms with Crippen LogP contribution >= 0.6 is 0 Å². The van der Waals surface area contributed by atoms with Crippen molar-refractivity contribution in [1.82, 2.24) is 28.7 Å². The molecule has 2 aliphatic rings. The fourth-order valence-electron chi connectivity index (χ4n) is 4.59. The summed E-state index contributed by atoms with van der Waals surface area (Å²) in [7, 11) is -3.56. The standard InChI is InChI=1S/C19H23FN6O2S/c1-13-15(11-26-19(18(13)20)21-12-23-26)14-5-8-24(9-6-14)29(27,28)17-10-22-25-7-3-2-4-16(17)25/h10-12,14H,2-9H2,1H3. The van der Waals surface area contributed by atoms with Gasteiger partial charge in [0.05, 0.1) is 11.9 Å². The molecular formula is C19H23FN6O2S. The van der Waals surface area contributed by atoms with Crippen molar-refractivity contribution in [2.45, 2.75) is 56.4 Å². The van der Waals surface area contributed by atoms with Crippen molar-refractivity contribution in [2.24, 2.45) is 0 Å². The van der Waals surface area contributed by atoms with Crippen LogP contribution in [-0.4, -0.2) is 50.2 Å². The maximum atomic E-state index is 14.6. The van der Waals surface area contributed by atoms with Crippen LogP contribution < -0.4 is 0 Å². The maximum absolute atomic E-state index is 14.6. The third kappa shape index (κ3) is 2.96. The second kappa shape index (κ2) is 6.88. The topological polar surface area (TPSA) is 85.4 Å². The first-order valence-electron chi connectivity index (χ1n) is 10.00. The van der Waals surface area contributed by atoms with Crippen LogP contribution in [0.5, 0.6) is 0 Å². The van der Waals surface area contributed by atoms with E-state index >= 15 is 0 Å². The van der Waals surface area contributed by atoms with E-state index in [2.05, 4.69) is 15.2 Å². The number of rotatable bonds is 3. The fourth-order valence-corrected chi connectivity index (χ4v) is 6.25. The Morgan fingerprint density at radius 3 is 2.72 bits per heavy atom. The third-order valence-corrected chi connectivity index (χ3v) is 8.19. The second-order valence-electron chi connectivity index (χ2n) is 7.87. The summed E-state index contributed by atoms with van der Waals surface area (Å²) in [4.78, 5) is 4.30. The average molecular weight is 418 g/mol. The summed E-state index contributed by atoms with van der Waals surface area (Å²) in [5.74, 6) is -0.271. The van der Waals surface area contributed by atoms with Crippen LogP contribution in [0.3, 0.4) is 0 Å². The summed E-state index contributed by atoms with van der Waals surface area (Å²) < 4.78 is 45.9. The van der Waals surface area contributed by atoms with Gasteiger partial charge in [-0.05, 0) is 56.1 Å². The molecule has 1 saturated heterocycles. The monoisotopic (exact) mass is 418 g/mol. The first-order valence-corrected chi connectivity index (χ1v) is 11.4. The molecule has 0 spiro atoms. The van der Waals surface area contributed by atoms with Crippen LogP contribution in [0.15, 0.2) is 23.6 Å². The Labute approximate surface area is 168 Å². The molecule has 0 atom stereocenters. The first-order chi connectivity index (χ1) is 14.0. The SMILES string of the molecule is Cc1c(C2CCN(S(=O)(=O)c3cnn4c3CCCC4)CC2)cn2ncnc2c1F. The highest BCUT2D eigenvalue weighted by Gasteiger charge is 2.34. The molecule has 5 rings (SSSR count). The van der Waals surface area contributed by atoms with Gasteiger partial charge >= 0.3 is 0 Å². The molecule has 0 bridgehead atoms. The van der Waals surface area contributed by atoms with E-state index in [1.807, 2.05) is 10.9 Å². The fraction of sp³-hybridized carbons (Fsp3) is 0.526. The highest BCUT2D eigenvalue weighted by molar-refractivity contribution is 7.89. The Morgan fingerprint density at radius 1 is 1.14 bits per heavy atom. The number of piperidine rings is 1. The summed E-state index contributed by atoms with van der Waals surface area (Å²) in [5.41, 5.74) is 2.49. The van der Waals surface area contributed by atoms with Crippen molar-refractivity contribution in [2.75, 3.05) is 13.1 Å². The summed E-state index contributed by atoms with van der Waals surface area (Å²) >= 11 is 0. The van der Waals surface area contributed by atoms with Gasteiger partial charge in [0, 0.05) is 25.8 Å². The molecule has 3 aromatic heterocycles. The quantitative estimate of drug-likeness (QED) is 0.651. The van der Waals surface area contributed by atoms with Gasteiger partial charge in [-0.1, -0.05) is 0 Å². The van der Waals surface area contributed by atoms with Crippen LogP contribution in [0.2, 0.25) is 0 Å². The lowest BCUT2D eigenvalue weighted by molar-refractivity contribution is 0.317. The van der Waals surface area contributed by atoms with Crippen LogP contribution in [0, 0.1) is 12.7 Å². The van der Waals surface area contributed by atoms with Gasteiger partial charge in [-0.25, -0.2) is 22.3 Å². The van der Waals surface area contributed by atoms with Gasteiger partial charge < -0.3 is 0 Å². The van der Waals surface area contributed by atoms with E-state index in [0.29, 0.717) is 36.4 Å². The van der Waals surface area contributed by atoms with Gasteiger partial charge in [0.15, 0.2) is 11.5 Å². The normalized spacial score (nSPS) is 19.0. The lowest BCUT2D eigenvalue weighted by Gasteiger charge is -2.32. The number of aromatic nitrogens is 5. The van der Waals surface area contributed by atoms with Crippen molar-refractivity contribution in [3.8, 4) is 0 Å². The molecular weight excluding hydrogens is 395 g/mol. The smallest absolute Gasteiger partial charge is 0.246 e. The zero-order chi connectivity index (χ0) is 20.2. The molecule has 3 aromatic rings. The van der Waals surface area contributed by atoms with Crippen molar-refractivity contribution in [1.29, 1.82) is 0 Å². The van der Waals surface area contributed by atoms with Gasteiger partial charge in [-0.15, -0.1) is 0 Å². The molecule has 1 fully saturated rings. The van der Waals surface area contributed by atoms with Gasteiger partial charge in [-0.3, -0.25) is 4.68 Å². The molecule has 154 valence electrons. The zero-order valence-electron chi connectivity index (χ0n) is 16.3. The van der Waals surface area contributed by atoms with E-state index in [0.717, 1.165) is 37.1 Å². The number of aryl methyl sites for hydroxylation is 1. The molecule has 0 radical (unpaired) electrons. The summed E-state index contributed by atoms with van der Waals surface area (Å²) in [6.07, 6.45) is 8.72. The number of hydrogen-bond acceptors (Lipinski definition) is 5. The average Bonchev–Trinajstić information content (AvgIpc) is 3.38. The van der Waals surface area contributed by atoms with E-state index < -0.39 is 10.0 Å². The van der Waals surface area contributed by atoms with E-state index in [-0.39, 0.29) is 17.4 Å². The number of nitrogens with zero attached hydrogens (tertiary/aromatic N) is 6. The van der Waals surface area contributed by atoms with Crippen LogP contribution in [-0.2, 0) is 23.0 Å². The minimum absolute atomic E-state index is 0.0885. The largest absolute Gasteiger partial charge is 0.268 e. The van der Waals surface area contributed by atoms with Gasteiger partial charge in [0.2, 0.25) is 10.0 Å².